The van der Waals surface area contributed by atoms with Crippen molar-refractivity contribution < 1.29 is 14.7 Å². The lowest BCUT2D eigenvalue weighted by atomic mass is 10.1. The standard InChI is InChI=1S/C17H15NO3.C16H15N7/c19-10-13-9-12(6-8-16(13)20)17(21)18-15-7-5-11-3-1-2-4-14(11)15;1-10-9-12-16(21-14(10)23-8-4-7-19-23)22(2)15(20-12)11-5-3-6-18-13(11)17/h1-4,6,8-10,15,20H,5,7H2,(H,18,21);3-9H,1-2H3,(H2,17,18). The molecule has 1 atom stereocenters. The normalized spacial score (nSPS) is 13.6. The maximum Gasteiger partial charge on any atom is 0.251 e. The lowest BCUT2D eigenvalue weighted by Gasteiger charge is -2.14. The summed E-state index contributed by atoms with van der Waals surface area (Å²) in [5, 5.41) is 16.7. The molecule has 1 aliphatic carbocycles. The van der Waals surface area contributed by atoms with E-state index in [0.29, 0.717) is 17.7 Å². The number of rotatable bonds is 5. The van der Waals surface area contributed by atoms with Gasteiger partial charge in [0.25, 0.3) is 5.91 Å². The maximum atomic E-state index is 12.3. The predicted octanol–water partition coefficient (Wildman–Crippen LogP) is 4.73. The Labute approximate surface area is 253 Å². The SMILES string of the molecule is Cc1cc2nc(-c3cccnc3N)n(C)c2nc1-n1cccn1.O=Cc1cc(C(=O)NC2CCc3ccccc32)ccc1O. The van der Waals surface area contributed by atoms with Crippen molar-refractivity contribution in [3.05, 3.63) is 113 Å². The minimum atomic E-state index is -0.236. The first-order valence-electron chi connectivity index (χ1n) is 14.1. The second-order valence-corrected chi connectivity index (χ2v) is 10.5. The highest BCUT2D eigenvalue weighted by atomic mass is 16.3. The number of hydrogen-bond donors (Lipinski definition) is 3. The number of aldehydes is 1. The Morgan fingerprint density at radius 2 is 1.91 bits per heavy atom. The third-order valence-corrected chi connectivity index (χ3v) is 7.66. The molecule has 2 aromatic carbocycles. The number of aryl methyl sites for hydroxylation is 3. The molecule has 6 aromatic rings. The molecule has 4 heterocycles. The van der Waals surface area contributed by atoms with E-state index in [9.17, 15) is 14.7 Å². The van der Waals surface area contributed by atoms with Gasteiger partial charge in [-0.2, -0.15) is 5.10 Å². The monoisotopic (exact) mass is 586 g/mol. The number of aromatic hydroxyl groups is 1. The first-order chi connectivity index (χ1) is 21.3. The first-order valence-corrected chi connectivity index (χ1v) is 14.1. The highest BCUT2D eigenvalue weighted by Gasteiger charge is 2.24. The molecule has 0 spiro atoms. The van der Waals surface area contributed by atoms with Crippen molar-refractivity contribution in [2.45, 2.75) is 25.8 Å². The van der Waals surface area contributed by atoms with Crippen LogP contribution in [0.1, 0.15) is 49.9 Å². The van der Waals surface area contributed by atoms with Gasteiger partial charge in [-0.05, 0) is 78.9 Å². The Kier molecular flexibility index (Phi) is 7.59. The van der Waals surface area contributed by atoms with Gasteiger partial charge in [0.1, 0.15) is 22.9 Å². The molecule has 0 aliphatic heterocycles. The third kappa shape index (κ3) is 5.38. The number of nitrogens with two attached hydrogens (primary N) is 1. The van der Waals surface area contributed by atoms with Crippen molar-refractivity contribution in [1.82, 2.24) is 34.6 Å². The van der Waals surface area contributed by atoms with Crippen LogP contribution in [0.15, 0.2) is 85.3 Å². The highest BCUT2D eigenvalue weighted by molar-refractivity contribution is 5.96. The van der Waals surface area contributed by atoms with E-state index >= 15 is 0 Å². The fourth-order valence-electron chi connectivity index (χ4n) is 5.41. The number of carbonyl (C=O) groups excluding carboxylic acids is 2. The van der Waals surface area contributed by atoms with Crippen LogP contribution in [-0.4, -0.2) is 46.6 Å². The minimum absolute atomic E-state index is 0.00202. The number of nitrogen functional groups attached to an aromatic ring is 1. The van der Waals surface area contributed by atoms with Gasteiger partial charge in [-0.1, -0.05) is 24.3 Å². The summed E-state index contributed by atoms with van der Waals surface area (Å²) in [5.74, 6) is 1.63. The number of anilines is 1. The van der Waals surface area contributed by atoms with E-state index in [-0.39, 0.29) is 23.3 Å². The van der Waals surface area contributed by atoms with Crippen LogP contribution in [0, 0.1) is 6.92 Å². The number of imidazole rings is 1. The molecular weight excluding hydrogens is 556 g/mol. The zero-order chi connectivity index (χ0) is 30.8. The van der Waals surface area contributed by atoms with E-state index < -0.39 is 0 Å². The van der Waals surface area contributed by atoms with E-state index in [1.54, 1.807) is 17.1 Å². The fraction of sp³-hybridized carbons (Fsp3) is 0.152. The van der Waals surface area contributed by atoms with Crippen molar-refractivity contribution in [2.24, 2.45) is 7.05 Å². The van der Waals surface area contributed by atoms with E-state index in [1.807, 2.05) is 67.2 Å². The summed E-state index contributed by atoms with van der Waals surface area (Å²) < 4.78 is 3.68. The summed E-state index contributed by atoms with van der Waals surface area (Å²) in [6.45, 7) is 2.00. The molecule has 0 bridgehead atoms. The largest absolute Gasteiger partial charge is 0.507 e. The first kappa shape index (κ1) is 28.3. The lowest BCUT2D eigenvalue weighted by Crippen LogP contribution is -2.27. The number of hydrogen-bond acceptors (Lipinski definition) is 8. The van der Waals surface area contributed by atoms with Crippen molar-refractivity contribution in [2.75, 3.05) is 5.73 Å². The van der Waals surface area contributed by atoms with E-state index in [2.05, 4.69) is 26.4 Å². The molecule has 44 heavy (non-hydrogen) atoms. The molecule has 11 heteroatoms. The van der Waals surface area contributed by atoms with Crippen LogP contribution < -0.4 is 11.1 Å². The van der Waals surface area contributed by atoms with Gasteiger partial charge in [-0.3, -0.25) is 9.59 Å². The molecule has 220 valence electrons. The molecule has 7 rings (SSSR count). The molecule has 4 aromatic heterocycles. The smallest absolute Gasteiger partial charge is 0.251 e. The summed E-state index contributed by atoms with van der Waals surface area (Å²) in [7, 11) is 1.92. The number of phenolic OH excluding ortho intramolecular Hbond substituents is 1. The highest BCUT2D eigenvalue weighted by Crippen LogP contribution is 2.31. The van der Waals surface area contributed by atoms with E-state index in [0.717, 1.165) is 52.3 Å². The van der Waals surface area contributed by atoms with Crippen LogP contribution in [-0.2, 0) is 13.5 Å². The Hall–Kier alpha value is -5.84. The number of benzene rings is 2. The molecule has 0 saturated heterocycles. The Balaban J connectivity index is 0.000000157. The number of phenols is 1. The quantitative estimate of drug-likeness (QED) is 0.245. The Morgan fingerprint density at radius 1 is 1.07 bits per heavy atom. The van der Waals surface area contributed by atoms with Crippen molar-refractivity contribution in [1.29, 1.82) is 0 Å². The van der Waals surface area contributed by atoms with Gasteiger partial charge in [0.05, 0.1) is 17.2 Å². The van der Waals surface area contributed by atoms with Gasteiger partial charge < -0.3 is 20.7 Å². The number of amides is 1. The van der Waals surface area contributed by atoms with Gasteiger partial charge >= 0.3 is 0 Å². The molecule has 0 saturated carbocycles. The second-order valence-electron chi connectivity index (χ2n) is 10.5. The third-order valence-electron chi connectivity index (χ3n) is 7.66. The van der Waals surface area contributed by atoms with Crippen LogP contribution in [0.3, 0.4) is 0 Å². The molecule has 1 unspecified atom stereocenters. The summed E-state index contributed by atoms with van der Waals surface area (Å²) in [5.41, 5.74) is 12.3. The number of fused-ring (bicyclic) bond motifs is 2. The molecule has 1 amide bonds. The average molecular weight is 587 g/mol. The maximum absolute atomic E-state index is 12.3. The average Bonchev–Trinajstić information content (AvgIpc) is 3.78. The topological polar surface area (TPSA) is 154 Å². The van der Waals surface area contributed by atoms with Crippen LogP contribution in [0.25, 0.3) is 28.4 Å². The molecule has 0 radical (unpaired) electrons. The molecule has 4 N–H and O–H groups in total. The minimum Gasteiger partial charge on any atom is -0.507 e. The van der Waals surface area contributed by atoms with Gasteiger partial charge in [0.2, 0.25) is 0 Å². The summed E-state index contributed by atoms with van der Waals surface area (Å²) >= 11 is 0. The number of nitrogens with zero attached hydrogens (tertiary/aromatic N) is 6. The van der Waals surface area contributed by atoms with Crippen LogP contribution in [0.2, 0.25) is 0 Å². The van der Waals surface area contributed by atoms with Gasteiger partial charge in [0.15, 0.2) is 17.8 Å². The second kappa shape index (κ2) is 11.8. The number of nitrogens with one attached hydrogen (secondary N) is 1. The zero-order valence-electron chi connectivity index (χ0n) is 24.2. The summed E-state index contributed by atoms with van der Waals surface area (Å²) in [6.07, 6.45) is 7.64. The molecule has 11 nitrogen and oxygen atoms in total. The van der Waals surface area contributed by atoms with Crippen LogP contribution >= 0.6 is 0 Å². The molecule has 0 fully saturated rings. The summed E-state index contributed by atoms with van der Waals surface area (Å²) in [4.78, 5) is 36.6. The lowest BCUT2D eigenvalue weighted by molar-refractivity contribution is 0.0936. The fourth-order valence-corrected chi connectivity index (χ4v) is 5.41. The zero-order valence-corrected chi connectivity index (χ0v) is 24.2. The Bertz CT molecular complexity index is 2000. The van der Waals surface area contributed by atoms with Gasteiger partial charge in [-0.25, -0.2) is 19.6 Å². The Morgan fingerprint density at radius 3 is 2.68 bits per heavy atom. The number of pyridine rings is 2. The van der Waals surface area contributed by atoms with Crippen molar-refractivity contribution >= 4 is 29.2 Å². The number of aromatic nitrogens is 6. The van der Waals surface area contributed by atoms with Crippen LogP contribution in [0.5, 0.6) is 5.75 Å². The van der Waals surface area contributed by atoms with E-state index in [4.69, 9.17) is 10.7 Å². The van der Waals surface area contributed by atoms with Crippen molar-refractivity contribution in [3.63, 3.8) is 0 Å². The van der Waals surface area contributed by atoms with E-state index in [1.165, 1.54) is 23.8 Å². The van der Waals surface area contributed by atoms with Gasteiger partial charge in [-0.15, -0.1) is 0 Å². The van der Waals surface area contributed by atoms with Gasteiger partial charge in [0, 0.05) is 31.2 Å². The molecule has 1 aliphatic rings. The number of carbonyl (C=O) groups is 2. The van der Waals surface area contributed by atoms with Crippen molar-refractivity contribution in [3.8, 4) is 23.0 Å². The summed E-state index contributed by atoms with van der Waals surface area (Å²) in [6, 6.07) is 20.0. The predicted molar refractivity (Wildman–Crippen MR) is 166 cm³/mol. The van der Waals surface area contributed by atoms with Crippen LogP contribution in [0.4, 0.5) is 5.82 Å². The molecular formula is C33H30N8O3.